The molecular weight excluding hydrogens is 208 g/mol. The zero-order valence-corrected chi connectivity index (χ0v) is 9.30. The molecule has 1 aliphatic rings. The number of methoxy groups -OCH3 is 1. The number of carboxylic acid groups (broad SMARTS) is 1. The second-order valence-electron chi connectivity index (χ2n) is 3.96. The van der Waals surface area contributed by atoms with Crippen molar-refractivity contribution in [2.75, 3.05) is 7.11 Å². The van der Waals surface area contributed by atoms with Crippen LogP contribution in [0.1, 0.15) is 18.1 Å². The van der Waals surface area contributed by atoms with Crippen molar-refractivity contribution in [1.29, 1.82) is 0 Å². The van der Waals surface area contributed by atoms with Crippen molar-refractivity contribution in [3.05, 3.63) is 23.4 Å². The van der Waals surface area contributed by atoms with E-state index in [-0.39, 0.29) is 6.04 Å². The van der Waals surface area contributed by atoms with E-state index in [0.717, 1.165) is 11.1 Å². The number of aromatic nitrogens is 1. The average Bonchev–Trinajstić information content (AvgIpc) is 2.27. The van der Waals surface area contributed by atoms with Crippen molar-refractivity contribution in [2.45, 2.75) is 25.9 Å². The highest BCUT2D eigenvalue weighted by Gasteiger charge is 2.26. The third-order valence-electron chi connectivity index (χ3n) is 2.90. The summed E-state index contributed by atoms with van der Waals surface area (Å²) in [5.74, 6) is 0.578. The van der Waals surface area contributed by atoms with Gasteiger partial charge in [-0.1, -0.05) is 0 Å². The van der Waals surface area contributed by atoms with Crippen LogP contribution in [0.15, 0.2) is 12.3 Å². The van der Waals surface area contributed by atoms with Crippen LogP contribution in [0, 0.1) is 0 Å². The molecular formula is C11H14N2O3. The summed E-state index contributed by atoms with van der Waals surface area (Å²) in [6.45, 7) is 2.31. The number of rotatable bonds is 1. The molecule has 0 saturated carbocycles. The first-order valence-corrected chi connectivity index (χ1v) is 5.13. The minimum absolute atomic E-state index is 0.00268. The fraction of sp³-hybridized carbons (Fsp3) is 0.455. The highest BCUT2D eigenvalue weighted by atomic mass is 16.5. The van der Waals surface area contributed by atoms with Crippen LogP contribution in [0.3, 0.4) is 0 Å². The van der Waals surface area contributed by atoms with Crippen LogP contribution in [0.25, 0.3) is 0 Å². The molecule has 86 valence electrons. The molecule has 1 atom stereocenters. The summed E-state index contributed by atoms with van der Waals surface area (Å²) in [6, 6.07) is 1.88. The van der Waals surface area contributed by atoms with Gasteiger partial charge in [-0.3, -0.25) is 0 Å². The molecule has 1 amide bonds. The van der Waals surface area contributed by atoms with E-state index in [1.807, 2.05) is 13.0 Å². The van der Waals surface area contributed by atoms with Crippen LogP contribution in [0.5, 0.6) is 5.88 Å². The third-order valence-corrected chi connectivity index (χ3v) is 2.90. The second-order valence-corrected chi connectivity index (χ2v) is 3.96. The summed E-state index contributed by atoms with van der Waals surface area (Å²) in [7, 11) is 1.57. The fourth-order valence-corrected chi connectivity index (χ4v) is 1.97. The van der Waals surface area contributed by atoms with Crippen molar-refractivity contribution in [2.24, 2.45) is 0 Å². The van der Waals surface area contributed by atoms with E-state index in [1.54, 1.807) is 13.3 Å². The monoisotopic (exact) mass is 222 g/mol. The summed E-state index contributed by atoms with van der Waals surface area (Å²) in [6.07, 6.45) is 1.52. The molecule has 0 spiro atoms. The topological polar surface area (TPSA) is 62.7 Å². The Hall–Kier alpha value is -1.78. The van der Waals surface area contributed by atoms with Gasteiger partial charge in [-0.25, -0.2) is 9.78 Å². The van der Waals surface area contributed by atoms with Gasteiger partial charge in [-0.2, -0.15) is 0 Å². The highest BCUT2D eigenvalue weighted by molar-refractivity contribution is 5.66. The Labute approximate surface area is 93.7 Å². The molecule has 0 aromatic carbocycles. The Kier molecular flexibility index (Phi) is 2.68. The number of ether oxygens (including phenoxy) is 1. The van der Waals surface area contributed by atoms with Crippen LogP contribution in [0.4, 0.5) is 4.79 Å². The van der Waals surface area contributed by atoms with E-state index >= 15 is 0 Å². The van der Waals surface area contributed by atoms with E-state index < -0.39 is 6.09 Å². The Morgan fingerprint density at radius 3 is 3.00 bits per heavy atom. The zero-order valence-electron chi connectivity index (χ0n) is 9.30. The van der Waals surface area contributed by atoms with Crippen molar-refractivity contribution in [1.82, 2.24) is 9.88 Å². The van der Waals surface area contributed by atoms with Gasteiger partial charge < -0.3 is 14.7 Å². The number of pyridine rings is 1. The van der Waals surface area contributed by atoms with E-state index in [1.165, 1.54) is 4.90 Å². The molecule has 5 heteroatoms. The number of nitrogens with zero attached hydrogens (tertiary/aromatic N) is 2. The summed E-state index contributed by atoms with van der Waals surface area (Å²) in [5, 5.41) is 9.02. The van der Waals surface area contributed by atoms with Gasteiger partial charge in [0.15, 0.2) is 0 Å². The molecule has 2 rings (SSSR count). The van der Waals surface area contributed by atoms with Crippen LogP contribution in [0.2, 0.25) is 0 Å². The van der Waals surface area contributed by atoms with Gasteiger partial charge in [0.1, 0.15) is 0 Å². The first-order chi connectivity index (χ1) is 7.61. The minimum atomic E-state index is -0.881. The van der Waals surface area contributed by atoms with Gasteiger partial charge in [-0.05, 0) is 24.5 Å². The van der Waals surface area contributed by atoms with Crippen molar-refractivity contribution in [3.63, 3.8) is 0 Å². The lowest BCUT2D eigenvalue weighted by molar-refractivity contribution is 0.119. The molecule has 1 aliphatic heterocycles. The zero-order chi connectivity index (χ0) is 11.7. The number of hydrogen-bond acceptors (Lipinski definition) is 3. The highest BCUT2D eigenvalue weighted by Crippen LogP contribution is 2.25. The van der Waals surface area contributed by atoms with Gasteiger partial charge in [0.2, 0.25) is 5.88 Å². The van der Waals surface area contributed by atoms with E-state index in [0.29, 0.717) is 18.8 Å². The van der Waals surface area contributed by atoms with Crippen molar-refractivity contribution < 1.29 is 14.6 Å². The predicted molar refractivity (Wildman–Crippen MR) is 57.5 cm³/mol. The molecule has 1 unspecified atom stereocenters. The molecule has 5 nitrogen and oxygen atoms in total. The predicted octanol–water partition coefficient (Wildman–Crippen LogP) is 1.51. The maximum atomic E-state index is 11.0. The van der Waals surface area contributed by atoms with Gasteiger partial charge in [0.25, 0.3) is 0 Å². The summed E-state index contributed by atoms with van der Waals surface area (Å²) >= 11 is 0. The molecule has 0 saturated heterocycles. The van der Waals surface area contributed by atoms with E-state index in [9.17, 15) is 4.79 Å². The van der Waals surface area contributed by atoms with Gasteiger partial charge >= 0.3 is 6.09 Å². The van der Waals surface area contributed by atoms with Crippen molar-refractivity contribution in [3.8, 4) is 5.88 Å². The Bertz CT molecular complexity index is 420. The number of fused-ring (bicyclic) bond motifs is 1. The Morgan fingerprint density at radius 2 is 2.38 bits per heavy atom. The Morgan fingerprint density at radius 1 is 1.62 bits per heavy atom. The fourth-order valence-electron chi connectivity index (χ4n) is 1.97. The molecule has 2 heterocycles. The normalized spacial score (nSPS) is 19.1. The van der Waals surface area contributed by atoms with E-state index in [2.05, 4.69) is 4.98 Å². The largest absolute Gasteiger partial charge is 0.481 e. The standard InChI is InChI=1S/C11H14N2O3/c1-7-3-8-4-10(16-2)12-5-9(8)6-13(7)11(14)15/h4-5,7H,3,6H2,1-2H3,(H,14,15). The molecule has 0 bridgehead atoms. The van der Waals surface area contributed by atoms with E-state index in [4.69, 9.17) is 9.84 Å². The third kappa shape index (κ3) is 1.80. The molecule has 1 N–H and O–H groups in total. The van der Waals surface area contributed by atoms with Gasteiger partial charge in [0, 0.05) is 18.3 Å². The smallest absolute Gasteiger partial charge is 0.407 e. The lowest BCUT2D eigenvalue weighted by Gasteiger charge is -2.32. The van der Waals surface area contributed by atoms with Crippen LogP contribution < -0.4 is 4.74 Å². The molecule has 0 fully saturated rings. The minimum Gasteiger partial charge on any atom is -0.481 e. The first-order valence-electron chi connectivity index (χ1n) is 5.13. The Balaban J connectivity index is 2.31. The van der Waals surface area contributed by atoms with Crippen LogP contribution in [-0.4, -0.2) is 34.2 Å². The quantitative estimate of drug-likeness (QED) is 0.782. The first kappa shape index (κ1) is 10.7. The number of carbonyl (C=O) groups is 1. The molecule has 0 aliphatic carbocycles. The molecule has 0 radical (unpaired) electrons. The second kappa shape index (κ2) is 4.00. The lowest BCUT2D eigenvalue weighted by Crippen LogP contribution is -2.41. The van der Waals surface area contributed by atoms with Crippen molar-refractivity contribution >= 4 is 6.09 Å². The maximum absolute atomic E-state index is 11.0. The molecule has 1 aromatic rings. The average molecular weight is 222 g/mol. The summed E-state index contributed by atoms with van der Waals surface area (Å²) in [5.41, 5.74) is 2.08. The SMILES string of the molecule is COc1cc2c(cn1)CN(C(=O)O)C(C)C2. The number of amides is 1. The number of hydrogen-bond donors (Lipinski definition) is 1. The molecule has 16 heavy (non-hydrogen) atoms. The summed E-state index contributed by atoms with van der Waals surface area (Å²) < 4.78 is 5.05. The maximum Gasteiger partial charge on any atom is 0.407 e. The molecule has 1 aromatic heterocycles. The lowest BCUT2D eigenvalue weighted by atomic mass is 9.97. The summed E-state index contributed by atoms with van der Waals surface area (Å²) in [4.78, 5) is 16.5. The van der Waals surface area contributed by atoms with Crippen LogP contribution in [-0.2, 0) is 13.0 Å². The van der Waals surface area contributed by atoms with Crippen LogP contribution >= 0.6 is 0 Å². The van der Waals surface area contributed by atoms with Gasteiger partial charge in [-0.15, -0.1) is 0 Å². The van der Waals surface area contributed by atoms with Gasteiger partial charge in [0.05, 0.1) is 13.7 Å².